The van der Waals surface area contributed by atoms with Crippen LogP contribution in [0.15, 0.2) is 36.8 Å². The van der Waals surface area contributed by atoms with E-state index in [0.717, 1.165) is 5.69 Å². The molecule has 0 aliphatic rings. The highest BCUT2D eigenvalue weighted by Gasteiger charge is 2.26. The van der Waals surface area contributed by atoms with Crippen LogP contribution in [0, 0.1) is 5.92 Å². The van der Waals surface area contributed by atoms with E-state index >= 15 is 0 Å². The molecule has 0 aliphatic heterocycles. The maximum absolute atomic E-state index is 12.2. The molecule has 24 heavy (non-hydrogen) atoms. The highest BCUT2D eigenvalue weighted by atomic mass is 16.3. The average Bonchev–Trinajstić information content (AvgIpc) is 2.99. The van der Waals surface area contributed by atoms with Crippen molar-refractivity contribution in [3.63, 3.8) is 0 Å². The van der Waals surface area contributed by atoms with E-state index in [1.165, 1.54) is 0 Å². The normalized spacial score (nSPS) is 14.9. The third-order valence-corrected chi connectivity index (χ3v) is 3.88. The molecule has 2 aromatic rings. The zero-order chi connectivity index (χ0) is 17.7. The van der Waals surface area contributed by atoms with E-state index in [1.54, 1.807) is 37.2 Å². The fourth-order valence-corrected chi connectivity index (χ4v) is 2.39. The Morgan fingerprint density at radius 3 is 2.71 bits per heavy atom. The predicted octanol–water partition coefficient (Wildman–Crippen LogP) is 1.72. The maximum atomic E-state index is 12.2. The third kappa shape index (κ3) is 4.55. The molecule has 0 radical (unpaired) electrons. The van der Waals surface area contributed by atoms with Crippen molar-refractivity contribution in [2.75, 3.05) is 6.54 Å². The van der Waals surface area contributed by atoms with E-state index in [9.17, 15) is 9.90 Å². The van der Waals surface area contributed by atoms with Crippen molar-refractivity contribution in [3.8, 4) is 0 Å². The van der Waals surface area contributed by atoms with Gasteiger partial charge < -0.3 is 15.7 Å². The number of hydrogen-bond acceptors (Lipinski definition) is 4. The molecule has 2 heterocycles. The van der Waals surface area contributed by atoms with E-state index in [-0.39, 0.29) is 24.5 Å². The first-order valence-corrected chi connectivity index (χ1v) is 7.96. The highest BCUT2D eigenvalue weighted by molar-refractivity contribution is 5.74. The number of urea groups is 1. The molecule has 0 bridgehead atoms. The van der Waals surface area contributed by atoms with Crippen molar-refractivity contribution in [3.05, 3.63) is 48.0 Å². The van der Waals surface area contributed by atoms with E-state index in [1.807, 2.05) is 32.0 Å². The van der Waals surface area contributed by atoms with E-state index in [4.69, 9.17) is 0 Å². The van der Waals surface area contributed by atoms with Crippen LogP contribution in [-0.4, -0.2) is 32.4 Å². The van der Waals surface area contributed by atoms with Gasteiger partial charge in [0.25, 0.3) is 0 Å². The number of aliphatic hydroxyl groups is 1. The van der Waals surface area contributed by atoms with Crippen LogP contribution in [0.2, 0.25) is 0 Å². The van der Waals surface area contributed by atoms with Crippen LogP contribution < -0.4 is 10.6 Å². The number of pyridine rings is 1. The predicted molar refractivity (Wildman–Crippen MR) is 91.1 cm³/mol. The van der Waals surface area contributed by atoms with Crippen molar-refractivity contribution in [2.45, 2.75) is 32.4 Å². The van der Waals surface area contributed by atoms with Gasteiger partial charge in [-0.05, 0) is 25.0 Å². The fraction of sp³-hybridized carbons (Fsp3) is 0.471. The Morgan fingerprint density at radius 2 is 2.17 bits per heavy atom. The minimum Gasteiger partial charge on any atom is -0.383 e. The summed E-state index contributed by atoms with van der Waals surface area (Å²) in [5, 5.41) is 20.2. The zero-order valence-electron chi connectivity index (χ0n) is 14.5. The van der Waals surface area contributed by atoms with Gasteiger partial charge in [0.05, 0.1) is 24.5 Å². The van der Waals surface area contributed by atoms with E-state index < -0.39 is 5.60 Å². The van der Waals surface area contributed by atoms with Crippen molar-refractivity contribution in [1.82, 2.24) is 25.4 Å². The van der Waals surface area contributed by atoms with Gasteiger partial charge in [-0.15, -0.1) is 0 Å². The molecule has 0 saturated carbocycles. The molecule has 0 fully saturated rings. The van der Waals surface area contributed by atoms with Gasteiger partial charge >= 0.3 is 6.03 Å². The number of amides is 2. The molecule has 2 aromatic heterocycles. The van der Waals surface area contributed by atoms with Crippen molar-refractivity contribution in [1.29, 1.82) is 0 Å². The lowest BCUT2D eigenvalue weighted by molar-refractivity contribution is 0.0591. The molecule has 130 valence electrons. The molecule has 7 nitrogen and oxygen atoms in total. The molecular weight excluding hydrogens is 306 g/mol. The van der Waals surface area contributed by atoms with Crippen LogP contribution in [0.1, 0.15) is 38.1 Å². The number of rotatable bonds is 6. The van der Waals surface area contributed by atoms with Gasteiger partial charge in [-0.1, -0.05) is 19.9 Å². The first-order chi connectivity index (χ1) is 11.3. The summed E-state index contributed by atoms with van der Waals surface area (Å²) in [6, 6.07) is 5.07. The summed E-state index contributed by atoms with van der Waals surface area (Å²) in [7, 11) is 1.78. The second-order valence-corrected chi connectivity index (χ2v) is 6.48. The smallest absolute Gasteiger partial charge is 0.315 e. The van der Waals surface area contributed by atoms with Crippen LogP contribution >= 0.6 is 0 Å². The Morgan fingerprint density at radius 1 is 1.42 bits per heavy atom. The highest BCUT2D eigenvalue weighted by Crippen LogP contribution is 2.20. The average molecular weight is 331 g/mol. The molecule has 2 amide bonds. The third-order valence-electron chi connectivity index (χ3n) is 3.88. The summed E-state index contributed by atoms with van der Waals surface area (Å²) in [5.74, 6) is 0.185. The molecule has 2 rings (SSSR count). The number of carbonyl (C=O) groups is 1. The van der Waals surface area contributed by atoms with E-state index in [2.05, 4.69) is 20.7 Å². The van der Waals surface area contributed by atoms with Crippen LogP contribution in [-0.2, 0) is 12.6 Å². The summed E-state index contributed by atoms with van der Waals surface area (Å²) in [6.45, 7) is 5.76. The second-order valence-electron chi connectivity index (χ2n) is 6.48. The fourth-order valence-electron chi connectivity index (χ4n) is 2.39. The second kappa shape index (κ2) is 7.44. The Hall–Kier alpha value is -2.41. The van der Waals surface area contributed by atoms with Gasteiger partial charge in [-0.2, -0.15) is 5.10 Å². The topological polar surface area (TPSA) is 92.1 Å². The summed E-state index contributed by atoms with van der Waals surface area (Å²) >= 11 is 0. The zero-order valence-corrected chi connectivity index (χ0v) is 14.5. The SMILES string of the molecule is CC(C)[C@@H](NC(=O)NC[C@](C)(O)c1cnn(C)c1)c1ccccn1. The number of nitrogens with zero attached hydrogens (tertiary/aromatic N) is 3. The first-order valence-electron chi connectivity index (χ1n) is 7.96. The molecule has 0 aliphatic carbocycles. The number of hydrogen-bond donors (Lipinski definition) is 3. The number of aryl methyl sites for hydroxylation is 1. The largest absolute Gasteiger partial charge is 0.383 e. The lowest BCUT2D eigenvalue weighted by atomic mass is 9.99. The Bertz CT molecular complexity index is 667. The van der Waals surface area contributed by atoms with Crippen LogP contribution in [0.25, 0.3) is 0 Å². The summed E-state index contributed by atoms with van der Waals surface area (Å²) < 4.78 is 1.61. The Labute approximate surface area is 142 Å². The van der Waals surface area contributed by atoms with Crippen LogP contribution in [0.5, 0.6) is 0 Å². The molecule has 0 unspecified atom stereocenters. The van der Waals surface area contributed by atoms with Gasteiger partial charge in [0, 0.05) is 25.0 Å². The van der Waals surface area contributed by atoms with Crippen molar-refractivity contribution in [2.24, 2.45) is 13.0 Å². The molecule has 0 aromatic carbocycles. The van der Waals surface area contributed by atoms with Gasteiger partial charge in [-0.3, -0.25) is 9.67 Å². The maximum Gasteiger partial charge on any atom is 0.315 e. The van der Waals surface area contributed by atoms with Crippen molar-refractivity contribution >= 4 is 6.03 Å². The minimum absolute atomic E-state index is 0.0809. The van der Waals surface area contributed by atoms with Gasteiger partial charge in [0.2, 0.25) is 0 Å². The van der Waals surface area contributed by atoms with E-state index in [0.29, 0.717) is 5.56 Å². The lowest BCUT2D eigenvalue weighted by Crippen LogP contribution is -2.45. The summed E-state index contributed by atoms with van der Waals surface area (Å²) in [6.07, 6.45) is 5.02. The Balaban J connectivity index is 1.96. The van der Waals surface area contributed by atoms with Crippen LogP contribution in [0.3, 0.4) is 0 Å². The van der Waals surface area contributed by atoms with Crippen molar-refractivity contribution < 1.29 is 9.90 Å². The molecule has 2 atom stereocenters. The molecule has 0 spiro atoms. The van der Waals surface area contributed by atoms with Gasteiger partial charge in [-0.25, -0.2) is 4.79 Å². The number of nitrogens with one attached hydrogen (secondary N) is 2. The number of aromatic nitrogens is 3. The first kappa shape index (κ1) is 17.9. The lowest BCUT2D eigenvalue weighted by Gasteiger charge is -2.25. The summed E-state index contributed by atoms with van der Waals surface area (Å²) in [4.78, 5) is 16.5. The van der Waals surface area contributed by atoms with Gasteiger partial charge in [0.15, 0.2) is 0 Å². The monoisotopic (exact) mass is 331 g/mol. The minimum atomic E-state index is -1.19. The number of carbonyl (C=O) groups excluding carboxylic acids is 1. The molecule has 7 heteroatoms. The molecular formula is C17H25N5O2. The van der Waals surface area contributed by atoms with Gasteiger partial charge in [0.1, 0.15) is 5.60 Å². The quantitative estimate of drug-likeness (QED) is 0.751. The van der Waals surface area contributed by atoms with Crippen LogP contribution in [0.4, 0.5) is 4.79 Å². The summed E-state index contributed by atoms with van der Waals surface area (Å²) in [5.41, 5.74) is 0.265. The molecule has 0 saturated heterocycles. The Kier molecular flexibility index (Phi) is 5.56. The molecule has 3 N–H and O–H groups in total. The standard InChI is InChI=1S/C17H25N5O2/c1-12(2)15(14-7-5-6-8-18-14)21-16(23)19-11-17(3,24)13-9-20-22(4)10-13/h5-10,12,15,24H,11H2,1-4H3,(H2,19,21,23)/t15-,17+/m1/s1.